The molecule has 0 aromatic heterocycles. The van der Waals surface area contributed by atoms with E-state index >= 15 is 0 Å². The van der Waals surface area contributed by atoms with Crippen LogP contribution in [0.3, 0.4) is 0 Å². The summed E-state index contributed by atoms with van der Waals surface area (Å²) in [7, 11) is 2.00. The highest BCUT2D eigenvalue weighted by molar-refractivity contribution is 5.74. The van der Waals surface area contributed by atoms with Crippen molar-refractivity contribution in [1.29, 1.82) is 5.26 Å². The van der Waals surface area contributed by atoms with Gasteiger partial charge in [-0.25, -0.2) is 0 Å². The minimum Gasteiger partial charge on any atom is -0.299 e. The van der Waals surface area contributed by atoms with Crippen LogP contribution in [0.5, 0.6) is 0 Å². The van der Waals surface area contributed by atoms with Gasteiger partial charge in [-0.2, -0.15) is 5.26 Å². The molecule has 1 N–H and O–H groups in total. The van der Waals surface area contributed by atoms with Crippen LogP contribution in [0.15, 0.2) is 18.2 Å². The van der Waals surface area contributed by atoms with Gasteiger partial charge >= 0.3 is 0 Å². The van der Waals surface area contributed by atoms with Crippen LogP contribution in [-0.4, -0.2) is 36.8 Å². The molecule has 0 aliphatic carbocycles. The molecule has 2 heterocycles. The maximum Gasteiger partial charge on any atom is 0.0992 e. The lowest BCUT2D eigenvalue weighted by molar-refractivity contribution is 0.263. The van der Waals surface area contributed by atoms with Crippen molar-refractivity contribution in [3.05, 3.63) is 23.8 Å². The second kappa shape index (κ2) is 4.48. The monoisotopic (exact) mass is 243 g/mol. The van der Waals surface area contributed by atoms with Gasteiger partial charge in [-0.1, -0.05) is 0 Å². The summed E-state index contributed by atoms with van der Waals surface area (Å²) in [4.78, 5) is 2.44. The zero-order chi connectivity index (χ0) is 12.5. The number of nitrogens with zero attached hydrogens (tertiary/aromatic N) is 4. The van der Waals surface area contributed by atoms with Gasteiger partial charge in [-0.05, 0) is 44.1 Å². The van der Waals surface area contributed by atoms with Crippen LogP contribution in [0.1, 0.15) is 18.4 Å². The summed E-state index contributed by atoms with van der Waals surface area (Å²) in [6.07, 6.45) is 2.58. The smallest absolute Gasteiger partial charge is 0.0992 e. The quantitative estimate of drug-likeness (QED) is 0.855. The molecule has 2 aliphatic heterocycles. The normalized spacial score (nSPS) is 19.7. The molecule has 0 unspecified atom stereocenters. The fraction of sp³-hybridized carbons (Fsp3) is 0.462. The zero-order valence-corrected chi connectivity index (χ0v) is 10.6. The van der Waals surface area contributed by atoms with Crippen molar-refractivity contribution in [3.8, 4) is 6.07 Å². The van der Waals surface area contributed by atoms with Crippen LogP contribution in [0.4, 0.5) is 11.4 Å². The Bertz CT molecular complexity index is 487. The lowest BCUT2D eigenvalue weighted by Crippen LogP contribution is -2.44. The zero-order valence-electron chi connectivity index (χ0n) is 10.6. The number of fused-ring (bicyclic) bond motifs is 1. The van der Waals surface area contributed by atoms with E-state index in [1.807, 2.05) is 30.4 Å². The summed E-state index contributed by atoms with van der Waals surface area (Å²) in [6.45, 7) is 3.21. The Kier molecular flexibility index (Phi) is 2.82. The van der Waals surface area contributed by atoms with Crippen LogP contribution in [0.25, 0.3) is 0 Å². The molecule has 0 saturated carbocycles. The number of hydrogen-bond acceptors (Lipinski definition) is 5. The third-order valence-corrected chi connectivity index (χ3v) is 3.58. The first-order valence-corrected chi connectivity index (χ1v) is 6.32. The number of nitrogens with one attached hydrogen (secondary N) is 1. The SMILES string of the molecule is CN1Nc2ccc(C#N)cc2N1CN1CCCC1. The van der Waals surface area contributed by atoms with Crippen molar-refractivity contribution >= 4 is 11.4 Å². The summed E-state index contributed by atoms with van der Waals surface area (Å²) in [5.41, 5.74) is 6.15. The molecule has 0 amide bonds. The number of hydrazine groups is 2. The van der Waals surface area contributed by atoms with Crippen molar-refractivity contribution in [2.75, 3.05) is 37.2 Å². The van der Waals surface area contributed by atoms with Gasteiger partial charge in [0, 0.05) is 7.05 Å². The third kappa shape index (κ3) is 1.90. The molecular formula is C13H17N5. The Morgan fingerprint density at radius 2 is 2.11 bits per heavy atom. The van der Waals surface area contributed by atoms with Crippen LogP contribution in [0.2, 0.25) is 0 Å². The predicted molar refractivity (Wildman–Crippen MR) is 70.7 cm³/mol. The summed E-state index contributed by atoms with van der Waals surface area (Å²) >= 11 is 0. The highest BCUT2D eigenvalue weighted by Crippen LogP contribution is 2.34. The third-order valence-electron chi connectivity index (χ3n) is 3.58. The van der Waals surface area contributed by atoms with E-state index in [0.717, 1.165) is 31.1 Å². The molecule has 94 valence electrons. The Hall–Kier alpha value is -1.77. The summed E-state index contributed by atoms with van der Waals surface area (Å²) in [6, 6.07) is 7.96. The minimum atomic E-state index is 0.706. The van der Waals surface area contributed by atoms with Gasteiger partial charge in [0.2, 0.25) is 0 Å². The Balaban J connectivity index is 1.85. The number of anilines is 2. The van der Waals surface area contributed by atoms with E-state index in [9.17, 15) is 0 Å². The van der Waals surface area contributed by atoms with Gasteiger partial charge in [0.15, 0.2) is 0 Å². The van der Waals surface area contributed by atoms with Gasteiger partial charge in [0.05, 0.1) is 29.7 Å². The second-order valence-corrected chi connectivity index (χ2v) is 4.85. The van der Waals surface area contributed by atoms with Crippen molar-refractivity contribution < 1.29 is 0 Å². The Labute approximate surface area is 107 Å². The molecule has 0 atom stereocenters. The molecule has 0 radical (unpaired) electrons. The van der Waals surface area contributed by atoms with Crippen LogP contribution in [0, 0.1) is 11.3 Å². The molecular weight excluding hydrogens is 226 g/mol. The molecule has 0 spiro atoms. The lowest BCUT2D eigenvalue weighted by atomic mass is 10.2. The van der Waals surface area contributed by atoms with Gasteiger partial charge in [0.1, 0.15) is 0 Å². The lowest BCUT2D eigenvalue weighted by Gasteiger charge is -2.30. The van der Waals surface area contributed by atoms with Crippen LogP contribution < -0.4 is 10.4 Å². The standard InChI is InChI=1S/C13H17N5/c1-16-15-12-5-4-11(9-14)8-13(12)18(16)10-17-6-2-3-7-17/h4-5,8,15H,2-3,6-7,10H2,1H3. The summed E-state index contributed by atoms with van der Waals surface area (Å²) < 4.78 is 0. The maximum atomic E-state index is 8.99. The first-order chi connectivity index (χ1) is 8.78. The Morgan fingerprint density at radius 1 is 1.33 bits per heavy atom. The first kappa shape index (κ1) is 11.3. The molecule has 0 bridgehead atoms. The molecule has 1 fully saturated rings. The highest BCUT2D eigenvalue weighted by atomic mass is 15.8. The van der Waals surface area contributed by atoms with Crippen molar-refractivity contribution in [1.82, 2.24) is 10.0 Å². The fourth-order valence-electron chi connectivity index (χ4n) is 2.59. The van der Waals surface area contributed by atoms with E-state index in [2.05, 4.69) is 21.4 Å². The van der Waals surface area contributed by atoms with E-state index in [4.69, 9.17) is 5.26 Å². The number of likely N-dealkylation sites (tertiary alicyclic amines) is 1. The van der Waals surface area contributed by atoms with E-state index in [-0.39, 0.29) is 0 Å². The van der Waals surface area contributed by atoms with Crippen molar-refractivity contribution in [3.63, 3.8) is 0 Å². The van der Waals surface area contributed by atoms with Gasteiger partial charge in [0.25, 0.3) is 0 Å². The van der Waals surface area contributed by atoms with E-state index in [0.29, 0.717) is 5.56 Å². The Morgan fingerprint density at radius 3 is 2.83 bits per heavy atom. The second-order valence-electron chi connectivity index (χ2n) is 4.85. The van der Waals surface area contributed by atoms with Crippen LogP contribution >= 0.6 is 0 Å². The maximum absolute atomic E-state index is 8.99. The van der Waals surface area contributed by atoms with Gasteiger partial charge < -0.3 is 0 Å². The molecule has 2 aliphatic rings. The average Bonchev–Trinajstić information content (AvgIpc) is 2.99. The van der Waals surface area contributed by atoms with E-state index < -0.39 is 0 Å². The number of benzene rings is 1. The van der Waals surface area contributed by atoms with Crippen LogP contribution in [-0.2, 0) is 0 Å². The van der Waals surface area contributed by atoms with E-state index in [1.165, 1.54) is 12.8 Å². The molecule has 3 rings (SSSR count). The van der Waals surface area contributed by atoms with Crippen molar-refractivity contribution in [2.24, 2.45) is 0 Å². The number of rotatable bonds is 2. The molecule has 1 saturated heterocycles. The van der Waals surface area contributed by atoms with Gasteiger partial charge in [-0.3, -0.25) is 15.3 Å². The number of nitriles is 1. The minimum absolute atomic E-state index is 0.706. The highest BCUT2D eigenvalue weighted by Gasteiger charge is 2.26. The average molecular weight is 243 g/mol. The summed E-state index contributed by atoms with van der Waals surface area (Å²) in [5, 5.41) is 13.2. The predicted octanol–water partition coefficient (Wildman–Crippen LogP) is 1.61. The van der Waals surface area contributed by atoms with Crippen molar-refractivity contribution in [2.45, 2.75) is 12.8 Å². The molecule has 5 nitrogen and oxygen atoms in total. The van der Waals surface area contributed by atoms with E-state index in [1.54, 1.807) is 0 Å². The summed E-state index contributed by atoms with van der Waals surface area (Å²) in [5.74, 6) is 0. The molecule has 1 aromatic rings. The fourth-order valence-corrected chi connectivity index (χ4v) is 2.59. The largest absolute Gasteiger partial charge is 0.299 e. The topological polar surface area (TPSA) is 45.5 Å². The molecule has 5 heteroatoms. The first-order valence-electron chi connectivity index (χ1n) is 6.32. The number of hydrogen-bond donors (Lipinski definition) is 1. The molecule has 1 aromatic carbocycles. The van der Waals surface area contributed by atoms with Gasteiger partial charge in [-0.15, -0.1) is 5.12 Å². The molecule has 18 heavy (non-hydrogen) atoms.